The van der Waals surface area contributed by atoms with Crippen LogP contribution in [0.1, 0.15) is 51.4 Å². The van der Waals surface area contributed by atoms with E-state index in [1.54, 1.807) is 12.4 Å². The maximum Gasteiger partial charge on any atom is 0.419 e. The second-order valence-corrected chi connectivity index (χ2v) is 9.26. The molecule has 7 rings (SSSR count). The summed E-state index contributed by atoms with van der Waals surface area (Å²) in [7, 11) is 0. The molecule has 0 radical (unpaired) electrons. The topological polar surface area (TPSA) is 71.8 Å². The van der Waals surface area contributed by atoms with Crippen molar-refractivity contribution < 1.29 is 24.0 Å². The fourth-order valence-corrected chi connectivity index (χ4v) is 6.54. The SMILES string of the molecule is O=C(OCC1CCC2(CC1)OOC1(O2)C2CC3CC(C2)C1C3)n1ccnc1. The number of hydrogen-bond donors (Lipinski definition) is 0. The van der Waals surface area contributed by atoms with Gasteiger partial charge in [-0.1, -0.05) is 0 Å². The smallest absolute Gasteiger partial charge is 0.419 e. The Bertz CT molecular complexity index is 725. The number of hydrogen-bond acceptors (Lipinski definition) is 6. The molecule has 0 N–H and O–H groups in total. The van der Waals surface area contributed by atoms with Gasteiger partial charge in [-0.15, -0.1) is 0 Å². The summed E-state index contributed by atoms with van der Waals surface area (Å²) in [6.07, 6.45) is 12.8. The van der Waals surface area contributed by atoms with Crippen molar-refractivity contribution in [3.63, 3.8) is 0 Å². The second-order valence-electron chi connectivity index (χ2n) is 9.26. The quantitative estimate of drug-likeness (QED) is 0.738. The van der Waals surface area contributed by atoms with Gasteiger partial charge in [-0.25, -0.2) is 14.3 Å². The number of nitrogens with zero attached hydrogens (tertiary/aromatic N) is 2. The van der Waals surface area contributed by atoms with Gasteiger partial charge >= 0.3 is 6.09 Å². The molecule has 4 bridgehead atoms. The highest BCUT2D eigenvalue weighted by Crippen LogP contribution is 2.67. The number of rotatable bonds is 2. The van der Waals surface area contributed by atoms with Crippen LogP contribution in [0.2, 0.25) is 0 Å². The predicted molar refractivity (Wildman–Crippen MR) is 92.1 cm³/mol. The van der Waals surface area contributed by atoms with Crippen LogP contribution in [0.5, 0.6) is 0 Å². The Kier molecular flexibility index (Phi) is 3.53. The molecule has 6 aliphatic rings. The fourth-order valence-electron chi connectivity index (χ4n) is 6.54. The fraction of sp³-hybridized carbons (Fsp3) is 0.800. The molecule has 7 heteroatoms. The van der Waals surface area contributed by atoms with E-state index in [1.807, 2.05) is 0 Å². The van der Waals surface area contributed by atoms with Crippen molar-refractivity contribution in [3.8, 4) is 0 Å². The molecule has 27 heavy (non-hydrogen) atoms. The van der Waals surface area contributed by atoms with Gasteiger partial charge in [0.1, 0.15) is 6.33 Å². The summed E-state index contributed by atoms with van der Waals surface area (Å²) in [4.78, 5) is 27.8. The molecule has 5 saturated carbocycles. The lowest BCUT2D eigenvalue weighted by atomic mass is 9.78. The Morgan fingerprint density at radius 3 is 2.85 bits per heavy atom. The summed E-state index contributed by atoms with van der Waals surface area (Å²) in [5.41, 5.74) is 0. The number of aromatic nitrogens is 2. The number of ether oxygens (including phenoxy) is 2. The highest BCUT2D eigenvalue weighted by molar-refractivity contribution is 5.69. The van der Waals surface area contributed by atoms with E-state index in [2.05, 4.69) is 4.98 Å². The zero-order valence-corrected chi connectivity index (χ0v) is 15.4. The van der Waals surface area contributed by atoms with Crippen molar-refractivity contribution in [2.75, 3.05) is 6.61 Å². The van der Waals surface area contributed by atoms with Crippen LogP contribution in [0.15, 0.2) is 18.7 Å². The van der Waals surface area contributed by atoms with E-state index in [9.17, 15) is 4.79 Å². The molecule has 146 valence electrons. The van der Waals surface area contributed by atoms with Gasteiger partial charge in [0, 0.05) is 37.1 Å². The van der Waals surface area contributed by atoms with Gasteiger partial charge in [0.15, 0.2) is 0 Å². The summed E-state index contributed by atoms with van der Waals surface area (Å²) in [5.74, 6) is 1.96. The van der Waals surface area contributed by atoms with Gasteiger partial charge in [0.25, 0.3) is 0 Å². The van der Waals surface area contributed by atoms with Gasteiger partial charge in [-0.3, -0.25) is 0 Å². The summed E-state index contributed by atoms with van der Waals surface area (Å²) in [6, 6.07) is 0. The van der Waals surface area contributed by atoms with E-state index in [0.717, 1.165) is 37.5 Å². The molecular formula is C20H26N2O5. The largest absolute Gasteiger partial charge is 0.449 e. The molecule has 2 heterocycles. The van der Waals surface area contributed by atoms with Crippen molar-refractivity contribution in [3.05, 3.63) is 18.7 Å². The first kappa shape index (κ1) is 16.5. The Labute approximate surface area is 158 Å². The molecule has 5 atom stereocenters. The molecule has 6 fully saturated rings. The van der Waals surface area contributed by atoms with Gasteiger partial charge in [0.05, 0.1) is 6.61 Å². The van der Waals surface area contributed by atoms with E-state index in [1.165, 1.54) is 36.6 Å². The van der Waals surface area contributed by atoms with E-state index in [4.69, 9.17) is 19.2 Å². The van der Waals surface area contributed by atoms with Crippen LogP contribution < -0.4 is 0 Å². The van der Waals surface area contributed by atoms with E-state index in [-0.39, 0.29) is 6.09 Å². The standard InChI is InChI=1S/C20H26N2O5/c23-18(22-6-5-21-12-22)24-11-13-1-3-19(4-2-13)25-20(27-26-19)16-8-14-7-15(10-16)17(20)9-14/h5-6,12-17H,1-4,7-11H2. The molecule has 1 aromatic heterocycles. The highest BCUT2D eigenvalue weighted by Gasteiger charge is 2.70. The zero-order valence-electron chi connectivity index (χ0n) is 15.4. The van der Waals surface area contributed by atoms with Crippen LogP contribution in [0.3, 0.4) is 0 Å². The third-order valence-electron chi connectivity index (χ3n) is 7.78. The molecule has 2 spiro atoms. The Morgan fingerprint density at radius 2 is 2.07 bits per heavy atom. The average Bonchev–Trinajstić information content (AvgIpc) is 3.43. The minimum atomic E-state index is -0.590. The van der Waals surface area contributed by atoms with E-state index < -0.39 is 11.6 Å². The molecule has 1 saturated heterocycles. The van der Waals surface area contributed by atoms with Crippen LogP contribution in [-0.4, -0.2) is 33.8 Å². The Balaban J connectivity index is 1.06. The normalized spacial score (nSPS) is 47.3. The molecule has 1 aliphatic heterocycles. The molecule has 7 nitrogen and oxygen atoms in total. The predicted octanol–water partition coefficient (Wildman–Crippen LogP) is 3.50. The molecular weight excluding hydrogens is 348 g/mol. The number of imidazole rings is 1. The number of carbonyl (C=O) groups is 1. The first-order chi connectivity index (χ1) is 13.2. The maximum absolute atomic E-state index is 11.9. The molecule has 5 unspecified atom stereocenters. The van der Waals surface area contributed by atoms with Crippen LogP contribution in [0.25, 0.3) is 0 Å². The maximum atomic E-state index is 11.9. The summed E-state index contributed by atoms with van der Waals surface area (Å²) in [5, 5.41) is 0. The molecule has 1 aromatic rings. The first-order valence-electron chi connectivity index (χ1n) is 10.4. The van der Waals surface area contributed by atoms with E-state index in [0.29, 0.717) is 24.4 Å². The monoisotopic (exact) mass is 374 g/mol. The van der Waals surface area contributed by atoms with E-state index >= 15 is 0 Å². The van der Waals surface area contributed by atoms with Gasteiger partial charge in [-0.05, 0) is 56.3 Å². The molecule has 5 aliphatic carbocycles. The third kappa shape index (κ3) is 2.44. The molecule has 0 amide bonds. The highest BCUT2D eigenvalue weighted by atomic mass is 17.3. The van der Waals surface area contributed by atoms with Crippen LogP contribution in [0, 0.1) is 29.6 Å². The van der Waals surface area contributed by atoms with Gasteiger partial charge < -0.3 is 9.47 Å². The second kappa shape index (κ2) is 5.78. The van der Waals surface area contributed by atoms with Crippen molar-refractivity contribution in [1.29, 1.82) is 0 Å². The van der Waals surface area contributed by atoms with Crippen molar-refractivity contribution >= 4 is 6.09 Å². The van der Waals surface area contributed by atoms with Crippen molar-refractivity contribution in [2.45, 2.75) is 62.9 Å². The van der Waals surface area contributed by atoms with Gasteiger partial charge in [0.2, 0.25) is 11.6 Å². The summed E-state index contributed by atoms with van der Waals surface area (Å²) >= 11 is 0. The number of carbonyl (C=O) groups excluding carboxylic acids is 1. The summed E-state index contributed by atoms with van der Waals surface area (Å²) < 4.78 is 13.4. The lowest BCUT2D eigenvalue weighted by molar-refractivity contribution is -0.370. The van der Waals surface area contributed by atoms with Crippen LogP contribution in [-0.2, 0) is 19.2 Å². The minimum absolute atomic E-state index is 0.336. The Morgan fingerprint density at radius 1 is 1.19 bits per heavy atom. The first-order valence-corrected chi connectivity index (χ1v) is 10.4. The van der Waals surface area contributed by atoms with Crippen molar-refractivity contribution in [2.24, 2.45) is 29.6 Å². The summed E-state index contributed by atoms with van der Waals surface area (Å²) in [6.45, 7) is 0.425. The van der Waals surface area contributed by atoms with Crippen molar-refractivity contribution in [1.82, 2.24) is 9.55 Å². The molecule has 0 aromatic carbocycles. The van der Waals surface area contributed by atoms with Crippen LogP contribution in [0.4, 0.5) is 4.79 Å². The lowest BCUT2D eigenvalue weighted by Gasteiger charge is -2.40. The van der Waals surface area contributed by atoms with Crippen LogP contribution >= 0.6 is 0 Å². The lowest BCUT2D eigenvalue weighted by Crippen LogP contribution is -2.47. The minimum Gasteiger partial charge on any atom is -0.449 e. The zero-order chi connectivity index (χ0) is 18.1. The third-order valence-corrected chi connectivity index (χ3v) is 7.78. The van der Waals surface area contributed by atoms with Gasteiger partial charge in [-0.2, -0.15) is 9.78 Å². The average molecular weight is 374 g/mol. The Hall–Kier alpha value is -1.44.